The number of halogens is 1. The maximum atomic E-state index is 13.0. The van der Waals surface area contributed by atoms with Crippen LogP contribution in [-0.4, -0.2) is 35.9 Å². The van der Waals surface area contributed by atoms with E-state index in [4.69, 9.17) is 16.3 Å². The maximum absolute atomic E-state index is 13.0. The van der Waals surface area contributed by atoms with E-state index < -0.39 is 6.04 Å². The number of ether oxygens (including phenoxy) is 1. The van der Waals surface area contributed by atoms with E-state index in [2.05, 4.69) is 5.32 Å². The van der Waals surface area contributed by atoms with Gasteiger partial charge in [-0.05, 0) is 56.0 Å². The third kappa shape index (κ3) is 8.62. The number of nitrogens with one attached hydrogen (secondary N) is 1. The molecule has 0 saturated carbocycles. The summed E-state index contributed by atoms with van der Waals surface area (Å²) in [4.78, 5) is 27.3. The van der Waals surface area contributed by atoms with Crippen molar-refractivity contribution in [2.45, 2.75) is 53.1 Å². The Bertz CT molecular complexity index is 835. The molecule has 2 aromatic rings. The van der Waals surface area contributed by atoms with E-state index in [1.807, 2.05) is 57.2 Å². The van der Waals surface area contributed by atoms with Gasteiger partial charge in [0.15, 0.2) is 0 Å². The highest BCUT2D eigenvalue weighted by atomic mass is 35.5. The second kappa shape index (κ2) is 12.4. The molecule has 6 heteroatoms. The molecule has 168 valence electrons. The minimum Gasteiger partial charge on any atom is -0.494 e. The van der Waals surface area contributed by atoms with Crippen LogP contribution in [0.2, 0.25) is 5.02 Å². The van der Waals surface area contributed by atoms with Crippen molar-refractivity contribution in [3.05, 3.63) is 64.7 Å². The summed E-state index contributed by atoms with van der Waals surface area (Å²) >= 11 is 5.98. The maximum Gasteiger partial charge on any atom is 0.242 e. The lowest BCUT2D eigenvalue weighted by atomic mass is 10.1. The fraction of sp³-hybridized carbons (Fsp3) is 0.440. The molecular weight excluding hydrogens is 412 g/mol. The first-order valence-corrected chi connectivity index (χ1v) is 11.1. The number of amides is 2. The minimum absolute atomic E-state index is 0.0744. The summed E-state index contributed by atoms with van der Waals surface area (Å²) in [6, 6.07) is 14.6. The summed E-state index contributed by atoms with van der Waals surface area (Å²) in [5.74, 6) is 0.912. The molecule has 0 saturated heterocycles. The monoisotopic (exact) mass is 444 g/mol. The van der Waals surface area contributed by atoms with Crippen molar-refractivity contribution in [2.75, 3.05) is 13.2 Å². The molecule has 0 aliphatic heterocycles. The molecule has 0 aliphatic rings. The van der Waals surface area contributed by atoms with Gasteiger partial charge in [-0.3, -0.25) is 9.59 Å². The van der Waals surface area contributed by atoms with E-state index in [9.17, 15) is 9.59 Å². The van der Waals surface area contributed by atoms with Gasteiger partial charge < -0.3 is 15.0 Å². The lowest BCUT2D eigenvalue weighted by molar-refractivity contribution is -0.140. The molecule has 2 aromatic carbocycles. The van der Waals surface area contributed by atoms with Gasteiger partial charge >= 0.3 is 0 Å². The molecule has 0 aliphatic carbocycles. The van der Waals surface area contributed by atoms with Crippen molar-refractivity contribution >= 4 is 23.4 Å². The Balaban J connectivity index is 1.97. The minimum atomic E-state index is -0.569. The first-order valence-electron chi connectivity index (χ1n) is 10.8. The van der Waals surface area contributed by atoms with E-state index in [1.165, 1.54) is 5.56 Å². The quantitative estimate of drug-likeness (QED) is 0.496. The Hall–Kier alpha value is -2.53. The van der Waals surface area contributed by atoms with Gasteiger partial charge in [-0.25, -0.2) is 0 Å². The average Bonchev–Trinajstić information content (AvgIpc) is 2.75. The first-order chi connectivity index (χ1) is 14.8. The van der Waals surface area contributed by atoms with Crippen molar-refractivity contribution in [1.82, 2.24) is 10.2 Å². The van der Waals surface area contributed by atoms with Crippen molar-refractivity contribution in [3.63, 3.8) is 0 Å². The highest BCUT2D eigenvalue weighted by Gasteiger charge is 2.25. The summed E-state index contributed by atoms with van der Waals surface area (Å²) in [6.45, 7) is 9.24. The molecule has 31 heavy (non-hydrogen) atoms. The van der Waals surface area contributed by atoms with Crippen LogP contribution in [0.25, 0.3) is 0 Å². The van der Waals surface area contributed by atoms with E-state index in [-0.39, 0.29) is 11.8 Å². The normalized spacial score (nSPS) is 11.8. The summed E-state index contributed by atoms with van der Waals surface area (Å²) in [5, 5.41) is 3.56. The number of aryl methyl sites for hydroxylation is 1. The predicted molar refractivity (Wildman–Crippen MR) is 125 cm³/mol. The number of carbonyl (C=O) groups is 2. The van der Waals surface area contributed by atoms with Crippen LogP contribution in [0.15, 0.2) is 48.5 Å². The van der Waals surface area contributed by atoms with Crippen molar-refractivity contribution in [1.29, 1.82) is 0 Å². The second-order valence-corrected chi connectivity index (χ2v) is 8.66. The smallest absolute Gasteiger partial charge is 0.242 e. The third-order valence-electron chi connectivity index (χ3n) is 4.94. The zero-order valence-corrected chi connectivity index (χ0v) is 19.6. The molecule has 0 bridgehead atoms. The van der Waals surface area contributed by atoms with Gasteiger partial charge in [-0.1, -0.05) is 55.3 Å². The molecule has 0 spiro atoms. The van der Waals surface area contributed by atoms with Crippen LogP contribution >= 0.6 is 11.6 Å². The van der Waals surface area contributed by atoms with Crippen LogP contribution in [0.5, 0.6) is 5.75 Å². The number of hydrogen-bond donors (Lipinski definition) is 1. The third-order valence-corrected chi connectivity index (χ3v) is 5.19. The van der Waals surface area contributed by atoms with Gasteiger partial charge in [0.2, 0.25) is 11.8 Å². The largest absolute Gasteiger partial charge is 0.494 e. The van der Waals surface area contributed by atoms with Crippen molar-refractivity contribution in [2.24, 2.45) is 5.92 Å². The summed E-state index contributed by atoms with van der Waals surface area (Å²) in [7, 11) is 0. The molecule has 5 nitrogen and oxygen atoms in total. The molecule has 0 fully saturated rings. The summed E-state index contributed by atoms with van der Waals surface area (Å²) in [5.41, 5.74) is 2.10. The van der Waals surface area contributed by atoms with E-state index >= 15 is 0 Å². The average molecular weight is 445 g/mol. The Labute approximate surface area is 190 Å². The molecular formula is C25H33ClN2O3. The molecule has 0 radical (unpaired) electrons. The van der Waals surface area contributed by atoms with Crippen LogP contribution in [-0.2, 0) is 16.1 Å². The van der Waals surface area contributed by atoms with Gasteiger partial charge in [-0.15, -0.1) is 0 Å². The first kappa shape index (κ1) is 24.7. The SMILES string of the molecule is Cc1ccc(OCCCC(=O)N(Cc2ccc(Cl)cc2)[C@@H](C)C(=O)NCC(C)C)cc1. The Morgan fingerprint density at radius 2 is 1.68 bits per heavy atom. The summed E-state index contributed by atoms with van der Waals surface area (Å²) < 4.78 is 5.73. The van der Waals surface area contributed by atoms with E-state index in [1.54, 1.807) is 24.0 Å². The lowest BCUT2D eigenvalue weighted by Gasteiger charge is -2.29. The number of rotatable bonds is 11. The van der Waals surface area contributed by atoms with Crippen LogP contribution in [0, 0.1) is 12.8 Å². The number of hydrogen-bond acceptors (Lipinski definition) is 3. The Morgan fingerprint density at radius 1 is 1.03 bits per heavy atom. The van der Waals surface area contributed by atoms with Crippen LogP contribution in [0.1, 0.15) is 44.7 Å². The highest BCUT2D eigenvalue weighted by molar-refractivity contribution is 6.30. The van der Waals surface area contributed by atoms with Crippen LogP contribution in [0.3, 0.4) is 0 Å². The van der Waals surface area contributed by atoms with Gasteiger partial charge in [0.05, 0.1) is 6.61 Å². The lowest BCUT2D eigenvalue weighted by Crippen LogP contribution is -2.48. The van der Waals surface area contributed by atoms with Crippen LogP contribution in [0.4, 0.5) is 0 Å². The van der Waals surface area contributed by atoms with Gasteiger partial charge in [0.25, 0.3) is 0 Å². The second-order valence-electron chi connectivity index (χ2n) is 8.23. The van der Waals surface area contributed by atoms with Crippen LogP contribution < -0.4 is 10.1 Å². The molecule has 2 rings (SSSR count). The van der Waals surface area contributed by atoms with Crippen molar-refractivity contribution in [3.8, 4) is 5.75 Å². The highest BCUT2D eigenvalue weighted by Crippen LogP contribution is 2.16. The standard InChI is InChI=1S/C25H33ClN2O3/c1-18(2)16-27-25(30)20(4)28(17-21-9-11-22(26)12-10-21)24(29)6-5-15-31-23-13-7-19(3)8-14-23/h7-14,18,20H,5-6,15-17H2,1-4H3,(H,27,30)/t20-/m0/s1. The number of carbonyl (C=O) groups excluding carboxylic acids is 2. The number of benzene rings is 2. The van der Waals surface area contributed by atoms with Gasteiger partial charge in [0, 0.05) is 24.5 Å². The molecule has 0 unspecified atom stereocenters. The Morgan fingerprint density at radius 3 is 2.29 bits per heavy atom. The zero-order valence-electron chi connectivity index (χ0n) is 18.9. The predicted octanol–water partition coefficient (Wildman–Crippen LogP) is 5.00. The fourth-order valence-corrected chi connectivity index (χ4v) is 3.14. The fourth-order valence-electron chi connectivity index (χ4n) is 3.01. The Kier molecular flexibility index (Phi) is 9.86. The molecule has 0 aromatic heterocycles. The topological polar surface area (TPSA) is 58.6 Å². The molecule has 1 atom stereocenters. The van der Waals surface area contributed by atoms with E-state index in [0.717, 1.165) is 11.3 Å². The number of nitrogens with zero attached hydrogens (tertiary/aromatic N) is 1. The zero-order chi connectivity index (χ0) is 22.8. The summed E-state index contributed by atoms with van der Waals surface area (Å²) in [6.07, 6.45) is 0.880. The molecule has 0 heterocycles. The van der Waals surface area contributed by atoms with Crippen molar-refractivity contribution < 1.29 is 14.3 Å². The molecule has 2 amide bonds. The van der Waals surface area contributed by atoms with Gasteiger partial charge in [0.1, 0.15) is 11.8 Å². The van der Waals surface area contributed by atoms with E-state index in [0.29, 0.717) is 43.5 Å². The van der Waals surface area contributed by atoms with Gasteiger partial charge in [-0.2, -0.15) is 0 Å². The molecule has 1 N–H and O–H groups in total.